The van der Waals surface area contributed by atoms with Gasteiger partial charge in [0.2, 0.25) is 0 Å². The summed E-state index contributed by atoms with van der Waals surface area (Å²) in [5.41, 5.74) is 1.81. The number of allylic oxidation sites excluding steroid dienone is 1. The number of rotatable bonds is 3. The van der Waals surface area contributed by atoms with Gasteiger partial charge in [-0.05, 0) is 0 Å². The van der Waals surface area contributed by atoms with Gasteiger partial charge in [0.15, 0.2) is 0 Å². The van der Waals surface area contributed by atoms with Crippen LogP contribution in [-0.4, -0.2) is 0 Å². The minimum atomic E-state index is -4.71. The van der Waals surface area contributed by atoms with Gasteiger partial charge in [0.25, 0.3) is 0 Å². The summed E-state index contributed by atoms with van der Waals surface area (Å²) in [7, 11) is 0. The van der Waals surface area contributed by atoms with Crippen molar-refractivity contribution < 1.29 is 23.8 Å². The molecule has 0 saturated carbocycles. The molecule has 1 aliphatic rings. The van der Waals surface area contributed by atoms with Gasteiger partial charge in [-0.25, -0.2) is 0 Å². The van der Waals surface area contributed by atoms with Gasteiger partial charge >= 0.3 is 100 Å². The summed E-state index contributed by atoms with van der Waals surface area (Å²) >= 11 is -4.71. The van der Waals surface area contributed by atoms with Crippen molar-refractivity contribution in [1.29, 1.82) is 0 Å². The predicted molar refractivity (Wildman–Crippen MR) is 60.1 cm³/mol. The fourth-order valence-electron chi connectivity index (χ4n) is 2.29. The van der Waals surface area contributed by atoms with Crippen molar-refractivity contribution in [3.63, 3.8) is 0 Å². The van der Waals surface area contributed by atoms with E-state index in [1.54, 1.807) is 6.08 Å². The van der Waals surface area contributed by atoms with Gasteiger partial charge in [-0.15, -0.1) is 0 Å². The molecule has 0 aliphatic heterocycles. The van der Waals surface area contributed by atoms with E-state index in [0.29, 0.717) is 0 Å². The Kier molecular flexibility index (Phi) is 3.32. The molecule has 0 fully saturated rings. The normalized spacial score (nSPS) is 19.2. The van der Waals surface area contributed by atoms with Crippen molar-refractivity contribution in [2.24, 2.45) is 5.92 Å². The van der Waals surface area contributed by atoms with E-state index in [4.69, 9.17) is 0 Å². The second kappa shape index (κ2) is 4.42. The van der Waals surface area contributed by atoms with Gasteiger partial charge in [-0.3, -0.25) is 0 Å². The van der Waals surface area contributed by atoms with Crippen LogP contribution in [0.2, 0.25) is 4.73 Å². The van der Waals surface area contributed by atoms with Crippen molar-refractivity contribution in [1.82, 2.24) is 0 Å². The van der Waals surface area contributed by atoms with Crippen LogP contribution in [0, 0.1) is 5.92 Å². The SMILES string of the molecule is CC(C)[CH2][Ti]([F])([F])[CH]1C=Cc2ccccc21. The molecule has 0 radical (unpaired) electrons. The zero-order valence-electron chi connectivity index (χ0n) is 9.58. The molecule has 1 aliphatic carbocycles. The number of hydrogen-bond acceptors (Lipinski definition) is 0. The summed E-state index contributed by atoms with van der Waals surface area (Å²) in [6.07, 6.45) is 3.56. The first-order chi connectivity index (χ1) is 7.50. The van der Waals surface area contributed by atoms with Crippen molar-refractivity contribution in [3.8, 4) is 0 Å². The Balaban J connectivity index is 2.28. The standard InChI is InChI=1S/C9H7.C4H9.2FH.Ti/c1-2-5-9-7-3-6-8(9)4-1;1-4(2)3;;;/h1-7H;4H,1H2,2-3H3;2*1H;/q;;;;+2/p-2. The molecule has 0 bridgehead atoms. The van der Waals surface area contributed by atoms with Gasteiger partial charge in [0.05, 0.1) is 0 Å². The van der Waals surface area contributed by atoms with Gasteiger partial charge in [0.1, 0.15) is 0 Å². The molecule has 1 aromatic rings. The topological polar surface area (TPSA) is 0 Å². The average Bonchev–Trinajstić information content (AvgIpc) is 2.59. The Labute approximate surface area is 100 Å². The van der Waals surface area contributed by atoms with E-state index in [1.807, 2.05) is 44.2 Å². The summed E-state index contributed by atoms with van der Waals surface area (Å²) in [6, 6.07) is 7.52. The molecule has 2 rings (SSSR count). The Bertz CT molecular complexity index is 410. The van der Waals surface area contributed by atoms with E-state index >= 15 is 0 Å². The maximum absolute atomic E-state index is 14.2. The van der Waals surface area contributed by atoms with E-state index in [1.165, 1.54) is 0 Å². The maximum atomic E-state index is 14.2. The molecule has 1 unspecified atom stereocenters. The van der Waals surface area contributed by atoms with Crippen LogP contribution in [0.3, 0.4) is 0 Å². The van der Waals surface area contributed by atoms with Gasteiger partial charge in [-0.2, -0.15) is 0 Å². The van der Waals surface area contributed by atoms with Crippen molar-refractivity contribution in [2.45, 2.75) is 22.8 Å². The third-order valence-electron chi connectivity index (χ3n) is 2.93. The third-order valence-corrected chi connectivity index (χ3v) is 7.27. The molecule has 86 valence electrons. The van der Waals surface area contributed by atoms with Crippen LogP contribution in [0.25, 0.3) is 6.08 Å². The molecule has 3 heteroatoms. The minimum absolute atomic E-state index is 0.0937. The van der Waals surface area contributed by atoms with Gasteiger partial charge in [0, 0.05) is 0 Å². The molecule has 1 aromatic carbocycles. The monoisotopic (exact) mass is 258 g/mol. The molecular weight excluding hydrogens is 242 g/mol. The number of hydrogen-bond donors (Lipinski definition) is 0. The summed E-state index contributed by atoms with van der Waals surface area (Å²) in [4.78, 5) is 0. The van der Waals surface area contributed by atoms with Gasteiger partial charge < -0.3 is 0 Å². The Hall–Kier alpha value is -0.466. The Morgan fingerprint density at radius 3 is 2.62 bits per heavy atom. The van der Waals surface area contributed by atoms with Crippen LogP contribution in [0.1, 0.15) is 29.2 Å². The van der Waals surface area contributed by atoms with E-state index in [2.05, 4.69) is 0 Å². The summed E-state index contributed by atoms with van der Waals surface area (Å²) in [5, 5.41) is 0. The van der Waals surface area contributed by atoms with Crippen LogP contribution < -0.4 is 0 Å². The molecule has 0 spiro atoms. The Morgan fingerprint density at radius 2 is 1.94 bits per heavy atom. The zero-order valence-corrected chi connectivity index (χ0v) is 11.1. The second-order valence-corrected chi connectivity index (χ2v) is 8.81. The molecule has 0 aromatic heterocycles. The van der Waals surface area contributed by atoms with Crippen LogP contribution in [0.4, 0.5) is 6.18 Å². The van der Waals surface area contributed by atoms with E-state index in [9.17, 15) is 6.18 Å². The second-order valence-electron chi connectivity index (χ2n) is 4.82. The molecular formula is C13H16F2Ti. The molecule has 1 atom stereocenters. The van der Waals surface area contributed by atoms with E-state index in [-0.39, 0.29) is 10.6 Å². The zero-order chi connectivity index (χ0) is 11.8. The quantitative estimate of drug-likeness (QED) is 0.686. The van der Waals surface area contributed by atoms with Crippen LogP contribution in [-0.2, 0) is 17.7 Å². The molecule has 0 heterocycles. The molecule has 16 heavy (non-hydrogen) atoms. The number of halogens is 2. The van der Waals surface area contributed by atoms with Crippen LogP contribution in [0.5, 0.6) is 0 Å². The van der Waals surface area contributed by atoms with Crippen molar-refractivity contribution in [3.05, 3.63) is 41.5 Å². The first-order valence-electron chi connectivity index (χ1n) is 5.65. The molecule has 0 N–H and O–H groups in total. The summed E-state index contributed by atoms with van der Waals surface area (Å²) < 4.78 is 28.0. The third kappa shape index (κ3) is 2.28. The molecule has 0 nitrogen and oxygen atoms in total. The number of benzene rings is 1. The summed E-state index contributed by atoms with van der Waals surface area (Å²) in [5.74, 6) is 0.0937. The number of fused-ring (bicyclic) bond motifs is 1. The fourth-order valence-corrected chi connectivity index (χ4v) is 6.10. The van der Waals surface area contributed by atoms with Crippen molar-refractivity contribution in [2.75, 3.05) is 0 Å². The Morgan fingerprint density at radius 1 is 1.25 bits per heavy atom. The van der Waals surface area contributed by atoms with Gasteiger partial charge in [-0.1, -0.05) is 0 Å². The first kappa shape index (κ1) is 12.0. The molecule has 0 amide bonds. The van der Waals surface area contributed by atoms with E-state index in [0.717, 1.165) is 11.1 Å². The summed E-state index contributed by atoms with van der Waals surface area (Å²) in [6.45, 7) is 3.76. The molecule has 0 saturated heterocycles. The average molecular weight is 258 g/mol. The van der Waals surface area contributed by atoms with Crippen LogP contribution in [0.15, 0.2) is 30.3 Å². The fraction of sp³-hybridized carbons (Fsp3) is 0.385. The first-order valence-corrected chi connectivity index (χ1v) is 8.84. The van der Waals surface area contributed by atoms with Crippen molar-refractivity contribution >= 4 is 6.08 Å². The van der Waals surface area contributed by atoms with Crippen LogP contribution >= 0.6 is 0 Å². The van der Waals surface area contributed by atoms with E-state index < -0.39 is 21.9 Å². The predicted octanol–water partition coefficient (Wildman–Crippen LogP) is 4.75.